The molecule has 0 aliphatic carbocycles. The topological polar surface area (TPSA) is 71.8 Å². The molecule has 0 spiro atoms. The maximum absolute atomic E-state index is 11.4. The number of anilines is 1. The number of hydrogen-bond donors (Lipinski definition) is 2. The monoisotopic (exact) mass is 273 g/mol. The Morgan fingerprint density at radius 2 is 2.00 bits per heavy atom. The summed E-state index contributed by atoms with van der Waals surface area (Å²) < 4.78 is 1.91. The van der Waals surface area contributed by atoms with Gasteiger partial charge in [0.2, 0.25) is 5.91 Å². The average Bonchev–Trinajstić information content (AvgIpc) is 2.97. The summed E-state index contributed by atoms with van der Waals surface area (Å²) in [6.45, 7) is 4.94. The van der Waals surface area contributed by atoms with Crippen LogP contribution in [0.3, 0.4) is 0 Å². The summed E-state index contributed by atoms with van der Waals surface area (Å²) in [6, 6.07) is 5.75. The summed E-state index contributed by atoms with van der Waals surface area (Å²) in [6.07, 6.45) is 5.37. The standard InChI is InChI=1S/C14H19N5O/c1-11(2)14(20)16-6-5-15-12-9-13(18-10-17-12)19-7-3-4-8-19/h3-4,7-11H,5-6H2,1-2H3,(H,16,20)(H,15,17,18). The Morgan fingerprint density at radius 1 is 1.25 bits per heavy atom. The van der Waals surface area contributed by atoms with Gasteiger partial charge < -0.3 is 15.2 Å². The zero-order valence-corrected chi connectivity index (χ0v) is 11.7. The van der Waals surface area contributed by atoms with E-state index in [1.54, 1.807) is 0 Å². The van der Waals surface area contributed by atoms with E-state index in [2.05, 4.69) is 20.6 Å². The number of amides is 1. The first kappa shape index (κ1) is 14.0. The molecule has 20 heavy (non-hydrogen) atoms. The minimum atomic E-state index is 0.00870. The van der Waals surface area contributed by atoms with Gasteiger partial charge in [-0.1, -0.05) is 13.8 Å². The summed E-state index contributed by atoms with van der Waals surface area (Å²) in [5.74, 6) is 1.61. The smallest absolute Gasteiger partial charge is 0.222 e. The summed E-state index contributed by atoms with van der Waals surface area (Å²) >= 11 is 0. The molecule has 0 saturated carbocycles. The average molecular weight is 273 g/mol. The molecule has 0 radical (unpaired) electrons. The van der Waals surface area contributed by atoms with Crippen molar-refractivity contribution >= 4 is 11.7 Å². The highest BCUT2D eigenvalue weighted by Crippen LogP contribution is 2.08. The Morgan fingerprint density at radius 3 is 2.70 bits per heavy atom. The number of nitrogens with one attached hydrogen (secondary N) is 2. The number of hydrogen-bond acceptors (Lipinski definition) is 4. The van der Waals surface area contributed by atoms with Crippen molar-refractivity contribution in [3.8, 4) is 5.82 Å². The second-order valence-corrected chi connectivity index (χ2v) is 4.72. The molecule has 0 unspecified atom stereocenters. The zero-order valence-electron chi connectivity index (χ0n) is 11.7. The van der Waals surface area contributed by atoms with Gasteiger partial charge >= 0.3 is 0 Å². The van der Waals surface area contributed by atoms with Crippen molar-refractivity contribution in [1.29, 1.82) is 0 Å². The predicted molar refractivity (Wildman–Crippen MR) is 77.7 cm³/mol. The van der Waals surface area contributed by atoms with Gasteiger partial charge in [-0.2, -0.15) is 0 Å². The minimum Gasteiger partial charge on any atom is -0.368 e. The molecule has 0 saturated heterocycles. The van der Waals surface area contributed by atoms with Crippen LogP contribution in [-0.4, -0.2) is 33.5 Å². The first-order valence-electron chi connectivity index (χ1n) is 6.64. The maximum atomic E-state index is 11.4. The number of aromatic nitrogens is 3. The highest BCUT2D eigenvalue weighted by molar-refractivity contribution is 5.77. The fraction of sp³-hybridized carbons (Fsp3) is 0.357. The van der Waals surface area contributed by atoms with E-state index in [0.29, 0.717) is 13.1 Å². The molecule has 2 rings (SSSR count). The zero-order chi connectivity index (χ0) is 14.4. The van der Waals surface area contributed by atoms with Gasteiger partial charge in [-0.15, -0.1) is 0 Å². The van der Waals surface area contributed by atoms with E-state index in [-0.39, 0.29) is 11.8 Å². The van der Waals surface area contributed by atoms with Gasteiger partial charge in [-0.05, 0) is 12.1 Å². The molecule has 0 aromatic carbocycles. The van der Waals surface area contributed by atoms with Gasteiger partial charge in [0.05, 0.1) is 0 Å². The van der Waals surface area contributed by atoms with Gasteiger partial charge in [0.15, 0.2) is 0 Å². The number of carbonyl (C=O) groups excluding carboxylic acids is 1. The van der Waals surface area contributed by atoms with E-state index in [1.165, 1.54) is 6.33 Å². The molecule has 2 N–H and O–H groups in total. The molecular formula is C14H19N5O. The van der Waals surface area contributed by atoms with Crippen LogP contribution in [0.1, 0.15) is 13.8 Å². The maximum Gasteiger partial charge on any atom is 0.222 e. The lowest BCUT2D eigenvalue weighted by Crippen LogP contribution is -2.32. The summed E-state index contributed by atoms with van der Waals surface area (Å²) in [5.41, 5.74) is 0. The quantitative estimate of drug-likeness (QED) is 0.781. The molecule has 0 aliphatic heterocycles. The van der Waals surface area contributed by atoms with E-state index < -0.39 is 0 Å². The first-order valence-corrected chi connectivity index (χ1v) is 6.64. The van der Waals surface area contributed by atoms with Crippen molar-refractivity contribution in [1.82, 2.24) is 19.9 Å². The molecule has 6 nitrogen and oxygen atoms in total. The van der Waals surface area contributed by atoms with Crippen molar-refractivity contribution in [3.05, 3.63) is 36.9 Å². The lowest BCUT2D eigenvalue weighted by Gasteiger charge is -2.09. The summed E-state index contributed by atoms with van der Waals surface area (Å²) in [4.78, 5) is 19.8. The summed E-state index contributed by atoms with van der Waals surface area (Å²) in [7, 11) is 0. The van der Waals surface area contributed by atoms with Crippen LogP contribution in [0.4, 0.5) is 5.82 Å². The molecule has 0 fully saturated rings. The Balaban J connectivity index is 1.85. The Hall–Kier alpha value is -2.37. The highest BCUT2D eigenvalue weighted by atomic mass is 16.1. The molecule has 0 atom stereocenters. The molecule has 1 amide bonds. The Labute approximate surface area is 118 Å². The van der Waals surface area contributed by atoms with E-state index in [1.807, 2.05) is 49.0 Å². The fourth-order valence-corrected chi connectivity index (χ4v) is 1.65. The van der Waals surface area contributed by atoms with Gasteiger partial charge in [0, 0.05) is 37.5 Å². The predicted octanol–water partition coefficient (Wildman–Crippen LogP) is 1.45. The largest absolute Gasteiger partial charge is 0.368 e. The van der Waals surface area contributed by atoms with Crippen LogP contribution in [0.15, 0.2) is 36.9 Å². The SMILES string of the molecule is CC(C)C(=O)NCCNc1cc(-n2cccc2)ncn1. The van der Waals surface area contributed by atoms with E-state index in [4.69, 9.17) is 0 Å². The summed E-state index contributed by atoms with van der Waals surface area (Å²) in [5, 5.41) is 6.01. The van der Waals surface area contributed by atoms with Crippen molar-refractivity contribution in [3.63, 3.8) is 0 Å². The third kappa shape index (κ3) is 3.81. The number of carbonyl (C=O) groups is 1. The van der Waals surface area contributed by atoms with Gasteiger partial charge in [-0.3, -0.25) is 4.79 Å². The van der Waals surface area contributed by atoms with Crippen molar-refractivity contribution in [2.24, 2.45) is 5.92 Å². The third-order valence-corrected chi connectivity index (χ3v) is 2.78. The number of nitrogens with zero attached hydrogens (tertiary/aromatic N) is 3. The van der Waals surface area contributed by atoms with Gasteiger partial charge in [-0.25, -0.2) is 9.97 Å². The van der Waals surface area contributed by atoms with E-state index in [0.717, 1.165) is 11.6 Å². The molecule has 2 heterocycles. The van der Waals surface area contributed by atoms with Crippen LogP contribution in [0.25, 0.3) is 5.82 Å². The Bertz CT molecular complexity index is 550. The lowest BCUT2D eigenvalue weighted by molar-refractivity contribution is -0.123. The molecule has 106 valence electrons. The molecule has 0 bridgehead atoms. The van der Waals surface area contributed by atoms with Crippen molar-refractivity contribution in [2.45, 2.75) is 13.8 Å². The molecule has 6 heteroatoms. The fourth-order valence-electron chi connectivity index (χ4n) is 1.65. The van der Waals surface area contributed by atoms with Gasteiger partial charge in [0.1, 0.15) is 18.0 Å². The van der Waals surface area contributed by atoms with Crippen LogP contribution < -0.4 is 10.6 Å². The van der Waals surface area contributed by atoms with Crippen LogP contribution >= 0.6 is 0 Å². The second-order valence-electron chi connectivity index (χ2n) is 4.72. The van der Waals surface area contributed by atoms with Gasteiger partial charge in [0.25, 0.3) is 0 Å². The Kier molecular flexibility index (Phi) is 4.70. The molecule has 2 aromatic rings. The molecule has 0 aliphatic rings. The first-order chi connectivity index (χ1) is 9.66. The third-order valence-electron chi connectivity index (χ3n) is 2.78. The van der Waals surface area contributed by atoms with Crippen molar-refractivity contribution < 1.29 is 4.79 Å². The van der Waals surface area contributed by atoms with Crippen molar-refractivity contribution in [2.75, 3.05) is 18.4 Å². The number of rotatable bonds is 6. The van der Waals surface area contributed by atoms with Crippen LogP contribution in [0.5, 0.6) is 0 Å². The molecule has 2 aromatic heterocycles. The second kappa shape index (κ2) is 6.70. The van der Waals surface area contributed by atoms with Crippen LogP contribution in [0, 0.1) is 5.92 Å². The van der Waals surface area contributed by atoms with E-state index >= 15 is 0 Å². The van der Waals surface area contributed by atoms with E-state index in [9.17, 15) is 4.79 Å². The lowest BCUT2D eigenvalue weighted by atomic mass is 10.2. The van der Waals surface area contributed by atoms with Crippen LogP contribution in [-0.2, 0) is 4.79 Å². The minimum absolute atomic E-state index is 0.00870. The van der Waals surface area contributed by atoms with Crippen LogP contribution in [0.2, 0.25) is 0 Å². The highest BCUT2D eigenvalue weighted by Gasteiger charge is 2.05. The normalized spacial score (nSPS) is 10.6. The molecular weight excluding hydrogens is 254 g/mol.